The molecule has 0 atom stereocenters. The molecule has 0 fully saturated rings. The molecule has 1 N–H and O–H groups in total. The molecule has 7 heteroatoms. The van der Waals surface area contributed by atoms with Gasteiger partial charge in [-0.3, -0.25) is 0 Å². The van der Waals surface area contributed by atoms with E-state index >= 15 is 0 Å². The summed E-state index contributed by atoms with van der Waals surface area (Å²) >= 11 is 1.51. The Bertz CT molecular complexity index is 667. The molecule has 0 aliphatic carbocycles. The van der Waals surface area contributed by atoms with Crippen molar-refractivity contribution in [3.8, 4) is 0 Å². The topological polar surface area (TPSA) is 71.1 Å². The Balaban J connectivity index is 1.95. The zero-order valence-electron chi connectivity index (χ0n) is 11.0. The average Bonchev–Trinajstić information content (AvgIpc) is 2.96. The summed E-state index contributed by atoms with van der Waals surface area (Å²) in [6.07, 6.45) is 5.16. The third kappa shape index (κ3) is 2.36. The van der Waals surface area contributed by atoms with E-state index in [1.807, 2.05) is 17.2 Å². The van der Waals surface area contributed by atoms with Crippen LogP contribution in [0.4, 0.5) is 5.82 Å². The smallest absolute Gasteiger partial charge is 0.346 e. The Morgan fingerprint density at radius 2 is 2.45 bits per heavy atom. The molecule has 2 aromatic rings. The van der Waals surface area contributed by atoms with Crippen LogP contribution in [0.25, 0.3) is 11.0 Å². The van der Waals surface area contributed by atoms with Crippen LogP contribution in [0.5, 0.6) is 0 Å². The minimum absolute atomic E-state index is 0.276. The van der Waals surface area contributed by atoms with Gasteiger partial charge in [0.15, 0.2) is 0 Å². The maximum absolute atomic E-state index is 11.8. The summed E-state index contributed by atoms with van der Waals surface area (Å²) in [5, 5.41) is 0.943. The van der Waals surface area contributed by atoms with E-state index in [1.54, 1.807) is 13.1 Å². The SMILES string of the molecule is CCOC(=O)C1=CN(c2ncnc3[nH]ccc23)CCS1. The van der Waals surface area contributed by atoms with Crippen molar-refractivity contribution in [2.24, 2.45) is 0 Å². The summed E-state index contributed by atoms with van der Waals surface area (Å²) in [5.41, 5.74) is 0.791. The minimum atomic E-state index is -0.276. The summed E-state index contributed by atoms with van der Waals surface area (Å²) in [6.45, 7) is 2.98. The van der Waals surface area contributed by atoms with E-state index in [2.05, 4.69) is 15.0 Å². The van der Waals surface area contributed by atoms with Crippen LogP contribution >= 0.6 is 11.8 Å². The van der Waals surface area contributed by atoms with Gasteiger partial charge >= 0.3 is 5.97 Å². The Morgan fingerprint density at radius 1 is 1.55 bits per heavy atom. The Hall–Kier alpha value is -2.02. The molecular formula is C13H14N4O2S. The van der Waals surface area contributed by atoms with Gasteiger partial charge in [-0.2, -0.15) is 0 Å². The zero-order chi connectivity index (χ0) is 13.9. The standard InChI is InChI=1S/C13H14N4O2S/c1-2-19-13(18)10-7-17(5-6-20-10)12-9-3-4-14-11(9)15-8-16-12/h3-4,7-8H,2,5-6H2,1H3,(H,14,15,16). The van der Waals surface area contributed by atoms with E-state index in [0.717, 1.165) is 29.1 Å². The maximum atomic E-state index is 11.8. The lowest BCUT2D eigenvalue weighted by molar-refractivity contribution is -0.137. The lowest BCUT2D eigenvalue weighted by atomic mass is 10.3. The number of hydrogen-bond donors (Lipinski definition) is 1. The molecule has 0 amide bonds. The number of thioether (sulfide) groups is 1. The number of aromatic amines is 1. The molecule has 0 bridgehead atoms. The van der Waals surface area contributed by atoms with Crippen LogP contribution < -0.4 is 4.90 Å². The van der Waals surface area contributed by atoms with Crippen LogP contribution in [0.3, 0.4) is 0 Å². The van der Waals surface area contributed by atoms with Crippen LogP contribution in [0.15, 0.2) is 29.7 Å². The molecule has 104 valence electrons. The summed E-state index contributed by atoms with van der Waals surface area (Å²) in [4.78, 5) is 26.0. The first-order valence-corrected chi connectivity index (χ1v) is 7.34. The Morgan fingerprint density at radius 3 is 3.30 bits per heavy atom. The summed E-state index contributed by atoms with van der Waals surface area (Å²) < 4.78 is 5.04. The predicted molar refractivity (Wildman–Crippen MR) is 78.4 cm³/mol. The number of H-pyrrole nitrogens is 1. The molecule has 3 heterocycles. The quantitative estimate of drug-likeness (QED) is 0.871. The number of anilines is 1. The number of hydrogen-bond acceptors (Lipinski definition) is 6. The highest BCUT2D eigenvalue weighted by molar-refractivity contribution is 8.04. The fourth-order valence-corrected chi connectivity index (χ4v) is 2.95. The number of nitrogens with one attached hydrogen (secondary N) is 1. The normalized spacial score (nSPS) is 15.2. The molecule has 0 spiro atoms. The van der Waals surface area contributed by atoms with Crippen LogP contribution in [-0.4, -0.2) is 39.8 Å². The third-order valence-electron chi connectivity index (χ3n) is 2.94. The van der Waals surface area contributed by atoms with Crippen LogP contribution in [0, 0.1) is 0 Å². The number of aromatic nitrogens is 3. The largest absolute Gasteiger partial charge is 0.462 e. The van der Waals surface area contributed by atoms with Crippen LogP contribution in [0.2, 0.25) is 0 Å². The second-order valence-corrected chi connectivity index (χ2v) is 5.33. The number of nitrogens with zero attached hydrogens (tertiary/aromatic N) is 3. The molecule has 1 aliphatic heterocycles. The first kappa shape index (κ1) is 13.0. The Labute approximate surface area is 120 Å². The van der Waals surface area contributed by atoms with Gasteiger partial charge in [0.1, 0.15) is 22.7 Å². The van der Waals surface area contributed by atoms with Gasteiger partial charge in [0.25, 0.3) is 0 Å². The van der Waals surface area contributed by atoms with E-state index in [1.165, 1.54) is 18.1 Å². The van der Waals surface area contributed by atoms with Crippen molar-refractivity contribution in [3.05, 3.63) is 29.7 Å². The fraction of sp³-hybridized carbons (Fsp3) is 0.308. The van der Waals surface area contributed by atoms with Gasteiger partial charge in [-0.15, -0.1) is 11.8 Å². The second-order valence-electron chi connectivity index (χ2n) is 4.19. The second kappa shape index (κ2) is 5.54. The van der Waals surface area contributed by atoms with Gasteiger partial charge in [-0.1, -0.05) is 0 Å². The molecule has 0 radical (unpaired) electrons. The van der Waals surface area contributed by atoms with Crippen molar-refractivity contribution in [2.45, 2.75) is 6.92 Å². The molecule has 1 aliphatic rings. The highest BCUT2D eigenvalue weighted by Gasteiger charge is 2.21. The molecule has 0 saturated carbocycles. The van der Waals surface area contributed by atoms with Crippen molar-refractivity contribution in [2.75, 3.05) is 23.8 Å². The number of ether oxygens (including phenoxy) is 1. The number of rotatable bonds is 3. The third-order valence-corrected chi connectivity index (χ3v) is 3.91. The summed E-state index contributed by atoms with van der Waals surface area (Å²) in [5.74, 6) is 1.35. The van der Waals surface area contributed by atoms with Crippen molar-refractivity contribution < 1.29 is 9.53 Å². The van der Waals surface area contributed by atoms with Crippen LogP contribution in [-0.2, 0) is 9.53 Å². The highest BCUT2D eigenvalue weighted by Crippen LogP contribution is 2.29. The van der Waals surface area contributed by atoms with E-state index < -0.39 is 0 Å². The monoisotopic (exact) mass is 290 g/mol. The fourth-order valence-electron chi connectivity index (χ4n) is 2.07. The lowest BCUT2D eigenvalue weighted by Crippen LogP contribution is -2.26. The molecule has 20 heavy (non-hydrogen) atoms. The van der Waals surface area contributed by atoms with Crippen molar-refractivity contribution in [1.82, 2.24) is 15.0 Å². The molecular weight excluding hydrogens is 276 g/mol. The first-order chi connectivity index (χ1) is 9.79. The summed E-state index contributed by atoms with van der Waals surface area (Å²) in [6, 6.07) is 1.93. The van der Waals surface area contributed by atoms with Gasteiger partial charge in [0, 0.05) is 24.7 Å². The van der Waals surface area contributed by atoms with E-state index in [-0.39, 0.29) is 5.97 Å². The Kier molecular flexibility index (Phi) is 3.60. The molecule has 2 aromatic heterocycles. The van der Waals surface area contributed by atoms with Crippen LogP contribution in [0.1, 0.15) is 6.92 Å². The number of carbonyl (C=O) groups excluding carboxylic acids is 1. The van der Waals surface area contributed by atoms with Crippen molar-refractivity contribution in [3.63, 3.8) is 0 Å². The molecule has 0 unspecified atom stereocenters. The van der Waals surface area contributed by atoms with Gasteiger partial charge in [-0.25, -0.2) is 14.8 Å². The van der Waals surface area contributed by atoms with Gasteiger partial charge in [0.05, 0.1) is 12.0 Å². The first-order valence-electron chi connectivity index (χ1n) is 6.36. The van der Waals surface area contributed by atoms with Gasteiger partial charge in [0.2, 0.25) is 0 Å². The summed E-state index contributed by atoms with van der Waals surface area (Å²) in [7, 11) is 0. The van der Waals surface area contributed by atoms with Crippen molar-refractivity contribution in [1.29, 1.82) is 0 Å². The number of fused-ring (bicyclic) bond motifs is 1. The maximum Gasteiger partial charge on any atom is 0.346 e. The highest BCUT2D eigenvalue weighted by atomic mass is 32.2. The molecule has 0 aromatic carbocycles. The number of carbonyl (C=O) groups is 1. The van der Waals surface area contributed by atoms with Crippen molar-refractivity contribution >= 4 is 34.6 Å². The predicted octanol–water partition coefficient (Wildman–Crippen LogP) is 1.92. The lowest BCUT2D eigenvalue weighted by Gasteiger charge is -2.25. The van der Waals surface area contributed by atoms with E-state index in [9.17, 15) is 4.79 Å². The zero-order valence-corrected chi connectivity index (χ0v) is 11.8. The van der Waals surface area contributed by atoms with Gasteiger partial charge < -0.3 is 14.6 Å². The minimum Gasteiger partial charge on any atom is -0.462 e. The van der Waals surface area contributed by atoms with E-state index in [4.69, 9.17) is 4.74 Å². The average molecular weight is 290 g/mol. The van der Waals surface area contributed by atoms with E-state index in [0.29, 0.717) is 11.5 Å². The number of esters is 1. The molecule has 3 rings (SSSR count). The van der Waals surface area contributed by atoms with Gasteiger partial charge in [-0.05, 0) is 13.0 Å². The molecule has 0 saturated heterocycles. The molecule has 6 nitrogen and oxygen atoms in total.